The standard InChI is InChI=1S/C14H28O2/c1-2-3-4-5-6-7-8-9-14-13(12-15)10-11-16-14/h13-15H,2-12H2,1H3. The normalized spacial score (nSPS) is 25.1. The second-order valence-corrected chi connectivity index (χ2v) is 5.05. The molecule has 1 fully saturated rings. The van der Waals surface area contributed by atoms with Gasteiger partial charge in [0.05, 0.1) is 6.10 Å². The van der Waals surface area contributed by atoms with Crippen molar-refractivity contribution < 1.29 is 9.84 Å². The fourth-order valence-corrected chi connectivity index (χ4v) is 2.52. The van der Waals surface area contributed by atoms with Crippen LogP contribution in [0, 0.1) is 5.92 Å². The molecule has 1 aliphatic heterocycles. The zero-order valence-electron chi connectivity index (χ0n) is 10.8. The summed E-state index contributed by atoms with van der Waals surface area (Å²) in [6.45, 7) is 3.42. The summed E-state index contributed by atoms with van der Waals surface area (Å²) in [5, 5.41) is 9.16. The van der Waals surface area contributed by atoms with Crippen molar-refractivity contribution in [3.8, 4) is 0 Å². The van der Waals surface area contributed by atoms with Crippen molar-refractivity contribution in [2.45, 2.75) is 70.8 Å². The molecule has 2 atom stereocenters. The van der Waals surface area contributed by atoms with Crippen LogP contribution in [-0.2, 0) is 4.74 Å². The van der Waals surface area contributed by atoms with Crippen molar-refractivity contribution in [2.24, 2.45) is 5.92 Å². The van der Waals surface area contributed by atoms with Crippen molar-refractivity contribution in [1.29, 1.82) is 0 Å². The molecule has 0 aromatic heterocycles. The summed E-state index contributed by atoms with van der Waals surface area (Å²) < 4.78 is 5.64. The number of hydrogen-bond acceptors (Lipinski definition) is 2. The van der Waals surface area contributed by atoms with E-state index in [1.54, 1.807) is 0 Å². The molecule has 16 heavy (non-hydrogen) atoms. The SMILES string of the molecule is CCCCCCCCCC1OCCC1CO. The van der Waals surface area contributed by atoms with Crippen LogP contribution in [0.15, 0.2) is 0 Å². The Kier molecular flexibility index (Phi) is 7.87. The van der Waals surface area contributed by atoms with E-state index in [1.165, 1.54) is 44.9 Å². The Hall–Kier alpha value is -0.0800. The largest absolute Gasteiger partial charge is 0.396 e. The van der Waals surface area contributed by atoms with Crippen LogP contribution in [-0.4, -0.2) is 24.4 Å². The van der Waals surface area contributed by atoms with Gasteiger partial charge in [-0.2, -0.15) is 0 Å². The van der Waals surface area contributed by atoms with E-state index in [2.05, 4.69) is 6.92 Å². The number of aliphatic hydroxyl groups excluding tert-OH is 1. The molecule has 96 valence electrons. The van der Waals surface area contributed by atoms with E-state index in [0.717, 1.165) is 19.4 Å². The highest BCUT2D eigenvalue weighted by Crippen LogP contribution is 2.25. The van der Waals surface area contributed by atoms with Crippen molar-refractivity contribution >= 4 is 0 Å². The third-order valence-corrected chi connectivity index (χ3v) is 3.67. The third-order valence-electron chi connectivity index (χ3n) is 3.67. The van der Waals surface area contributed by atoms with Crippen molar-refractivity contribution in [2.75, 3.05) is 13.2 Å². The van der Waals surface area contributed by atoms with E-state index in [4.69, 9.17) is 9.84 Å². The molecule has 0 aromatic rings. The fraction of sp³-hybridized carbons (Fsp3) is 1.00. The van der Waals surface area contributed by atoms with Crippen LogP contribution < -0.4 is 0 Å². The van der Waals surface area contributed by atoms with E-state index in [0.29, 0.717) is 18.6 Å². The lowest BCUT2D eigenvalue weighted by atomic mass is 9.97. The Morgan fingerprint density at radius 2 is 1.75 bits per heavy atom. The predicted octanol–water partition coefficient (Wildman–Crippen LogP) is 3.52. The zero-order valence-corrected chi connectivity index (χ0v) is 10.8. The number of rotatable bonds is 9. The molecule has 0 amide bonds. The molecular formula is C14H28O2. The highest BCUT2D eigenvalue weighted by atomic mass is 16.5. The minimum atomic E-state index is 0.307. The smallest absolute Gasteiger partial charge is 0.0626 e. The van der Waals surface area contributed by atoms with Gasteiger partial charge in [0.15, 0.2) is 0 Å². The number of aliphatic hydroxyl groups is 1. The van der Waals surface area contributed by atoms with Crippen LogP contribution >= 0.6 is 0 Å². The molecule has 2 nitrogen and oxygen atoms in total. The Bertz CT molecular complexity index is 159. The lowest BCUT2D eigenvalue weighted by Crippen LogP contribution is -2.18. The van der Waals surface area contributed by atoms with Crippen LogP contribution in [0.1, 0.15) is 64.7 Å². The Morgan fingerprint density at radius 3 is 2.44 bits per heavy atom. The topological polar surface area (TPSA) is 29.5 Å². The van der Waals surface area contributed by atoms with Gasteiger partial charge in [-0.1, -0.05) is 51.9 Å². The van der Waals surface area contributed by atoms with Crippen LogP contribution in [0.4, 0.5) is 0 Å². The first-order valence-corrected chi connectivity index (χ1v) is 7.11. The van der Waals surface area contributed by atoms with E-state index >= 15 is 0 Å². The lowest BCUT2D eigenvalue weighted by molar-refractivity contribution is 0.0638. The van der Waals surface area contributed by atoms with Gasteiger partial charge >= 0.3 is 0 Å². The van der Waals surface area contributed by atoms with Crippen LogP contribution in [0.2, 0.25) is 0 Å². The molecule has 1 heterocycles. The summed E-state index contributed by atoms with van der Waals surface area (Å²) in [5.41, 5.74) is 0. The summed E-state index contributed by atoms with van der Waals surface area (Å²) >= 11 is 0. The molecule has 1 N–H and O–H groups in total. The first-order chi connectivity index (χ1) is 7.88. The molecule has 0 aromatic carbocycles. The first kappa shape index (κ1) is 14.0. The predicted molar refractivity (Wildman–Crippen MR) is 67.5 cm³/mol. The van der Waals surface area contributed by atoms with Gasteiger partial charge in [0, 0.05) is 19.1 Å². The second-order valence-electron chi connectivity index (χ2n) is 5.05. The average molecular weight is 228 g/mol. The Morgan fingerprint density at radius 1 is 1.06 bits per heavy atom. The summed E-state index contributed by atoms with van der Waals surface area (Å²) in [6, 6.07) is 0. The average Bonchev–Trinajstić information content (AvgIpc) is 2.75. The fourth-order valence-electron chi connectivity index (χ4n) is 2.52. The highest BCUT2D eigenvalue weighted by molar-refractivity contribution is 4.75. The minimum absolute atomic E-state index is 0.307. The number of unbranched alkanes of at least 4 members (excludes halogenated alkanes) is 6. The summed E-state index contributed by atoms with van der Waals surface area (Å²) in [4.78, 5) is 0. The molecule has 0 aliphatic carbocycles. The summed E-state index contributed by atoms with van der Waals surface area (Å²) in [6.07, 6.45) is 12.0. The molecule has 2 heteroatoms. The van der Waals surface area contributed by atoms with E-state index in [-0.39, 0.29) is 0 Å². The maximum Gasteiger partial charge on any atom is 0.0626 e. The molecule has 2 unspecified atom stereocenters. The number of ether oxygens (including phenoxy) is 1. The lowest BCUT2D eigenvalue weighted by Gasteiger charge is -2.15. The molecule has 1 rings (SSSR count). The Balaban J connectivity index is 1.90. The van der Waals surface area contributed by atoms with Gasteiger partial charge in [0.2, 0.25) is 0 Å². The van der Waals surface area contributed by atoms with Gasteiger partial charge < -0.3 is 9.84 Å². The van der Waals surface area contributed by atoms with Gasteiger partial charge in [-0.05, 0) is 12.8 Å². The molecular weight excluding hydrogens is 200 g/mol. The monoisotopic (exact) mass is 228 g/mol. The van der Waals surface area contributed by atoms with Crippen molar-refractivity contribution in [3.63, 3.8) is 0 Å². The molecule has 0 spiro atoms. The first-order valence-electron chi connectivity index (χ1n) is 7.11. The van der Waals surface area contributed by atoms with Crippen LogP contribution in [0.5, 0.6) is 0 Å². The molecule has 1 aliphatic rings. The quantitative estimate of drug-likeness (QED) is 0.612. The highest BCUT2D eigenvalue weighted by Gasteiger charge is 2.26. The second kappa shape index (κ2) is 9.00. The van der Waals surface area contributed by atoms with Gasteiger partial charge in [0.1, 0.15) is 0 Å². The summed E-state index contributed by atoms with van der Waals surface area (Å²) in [7, 11) is 0. The molecule has 0 saturated carbocycles. The third kappa shape index (κ3) is 5.31. The Labute approximate surface area is 100 Å². The van der Waals surface area contributed by atoms with Gasteiger partial charge in [-0.15, -0.1) is 0 Å². The van der Waals surface area contributed by atoms with E-state index in [1.807, 2.05) is 0 Å². The number of hydrogen-bond donors (Lipinski definition) is 1. The van der Waals surface area contributed by atoms with Gasteiger partial charge in [0.25, 0.3) is 0 Å². The minimum Gasteiger partial charge on any atom is -0.396 e. The maximum atomic E-state index is 9.16. The molecule has 1 saturated heterocycles. The van der Waals surface area contributed by atoms with Gasteiger partial charge in [-0.3, -0.25) is 0 Å². The van der Waals surface area contributed by atoms with E-state index in [9.17, 15) is 0 Å². The van der Waals surface area contributed by atoms with E-state index < -0.39 is 0 Å². The van der Waals surface area contributed by atoms with Crippen molar-refractivity contribution in [3.05, 3.63) is 0 Å². The maximum absolute atomic E-state index is 9.16. The molecule has 0 radical (unpaired) electrons. The van der Waals surface area contributed by atoms with Gasteiger partial charge in [-0.25, -0.2) is 0 Å². The molecule has 0 bridgehead atoms. The van der Waals surface area contributed by atoms with Crippen LogP contribution in [0.3, 0.4) is 0 Å². The zero-order chi connectivity index (χ0) is 11.6. The van der Waals surface area contributed by atoms with Crippen LogP contribution in [0.25, 0.3) is 0 Å². The van der Waals surface area contributed by atoms with Crippen molar-refractivity contribution in [1.82, 2.24) is 0 Å². The summed E-state index contributed by atoms with van der Waals surface area (Å²) in [5.74, 6) is 0.417.